The van der Waals surface area contributed by atoms with Crippen molar-refractivity contribution in [3.63, 3.8) is 0 Å². The fraction of sp³-hybridized carbons (Fsp3) is 0.591. The van der Waals surface area contributed by atoms with E-state index < -0.39 is 0 Å². The highest BCUT2D eigenvalue weighted by atomic mass is 16.5. The molecule has 168 valence electrons. The molecule has 3 aromatic heterocycles. The Kier molecular flexibility index (Phi) is 6.72. The van der Waals surface area contributed by atoms with Gasteiger partial charge < -0.3 is 14.5 Å². The molecule has 0 radical (unpaired) electrons. The molecule has 1 amide bonds. The Balaban J connectivity index is 1.31. The van der Waals surface area contributed by atoms with E-state index in [0.29, 0.717) is 43.5 Å². The molecule has 1 aliphatic heterocycles. The minimum absolute atomic E-state index is 0.0162. The highest BCUT2D eigenvalue weighted by Gasteiger charge is 2.16. The maximum atomic E-state index is 12.9. The van der Waals surface area contributed by atoms with Crippen molar-refractivity contribution in [2.45, 2.75) is 46.1 Å². The van der Waals surface area contributed by atoms with E-state index in [9.17, 15) is 9.59 Å². The van der Waals surface area contributed by atoms with Crippen molar-refractivity contribution in [1.82, 2.24) is 24.4 Å². The summed E-state index contributed by atoms with van der Waals surface area (Å²) in [5.41, 5.74) is 1.97. The van der Waals surface area contributed by atoms with Crippen LogP contribution in [0, 0.1) is 6.92 Å². The Labute approximate surface area is 180 Å². The maximum Gasteiger partial charge on any atom is 0.291 e. The summed E-state index contributed by atoms with van der Waals surface area (Å²) in [6.45, 7) is 9.47. The molecule has 4 heterocycles. The second kappa shape index (κ2) is 9.65. The number of rotatable bonds is 9. The maximum absolute atomic E-state index is 12.9. The van der Waals surface area contributed by atoms with Gasteiger partial charge >= 0.3 is 0 Å². The van der Waals surface area contributed by atoms with E-state index in [2.05, 4.69) is 15.3 Å². The van der Waals surface area contributed by atoms with Crippen molar-refractivity contribution >= 4 is 22.5 Å². The molecule has 0 aliphatic carbocycles. The van der Waals surface area contributed by atoms with Crippen LogP contribution in [0.2, 0.25) is 0 Å². The van der Waals surface area contributed by atoms with Crippen LogP contribution in [0.5, 0.6) is 0 Å². The van der Waals surface area contributed by atoms with Gasteiger partial charge in [-0.15, -0.1) is 0 Å². The van der Waals surface area contributed by atoms with Crippen molar-refractivity contribution in [2.75, 3.05) is 39.4 Å². The van der Waals surface area contributed by atoms with Gasteiger partial charge in [0.1, 0.15) is 17.1 Å². The van der Waals surface area contributed by atoms with Gasteiger partial charge in [-0.3, -0.25) is 18.9 Å². The summed E-state index contributed by atoms with van der Waals surface area (Å²) in [6, 6.07) is 3.71. The van der Waals surface area contributed by atoms with Crippen LogP contribution in [0.4, 0.5) is 0 Å². The molecule has 1 fully saturated rings. The normalized spacial score (nSPS) is 15.2. The minimum atomic E-state index is -0.160. The number of aryl methyl sites for hydroxylation is 3. The van der Waals surface area contributed by atoms with Gasteiger partial charge in [0.15, 0.2) is 5.58 Å². The van der Waals surface area contributed by atoms with Crippen LogP contribution >= 0.6 is 0 Å². The molecular formula is C22H31N5O4. The zero-order valence-electron chi connectivity index (χ0n) is 18.4. The zero-order chi connectivity index (χ0) is 21.8. The molecule has 0 unspecified atom stereocenters. The standard InChI is InChI=1S/C22H31N5O4/c1-3-20-24-26(22(29)18-15-19-17(27(18)20)14-16(2)31-19)9-4-6-21(28)23-7-5-8-25-10-12-30-13-11-25/h14-15H,3-13H2,1-2H3,(H,23,28). The Hall–Kier alpha value is -2.65. The molecule has 0 bridgehead atoms. The Morgan fingerprint density at radius 2 is 1.97 bits per heavy atom. The van der Waals surface area contributed by atoms with E-state index in [-0.39, 0.29) is 11.5 Å². The topological polar surface area (TPSA) is 94.0 Å². The SMILES string of the molecule is CCc1nn(CCCC(=O)NCCCN2CCOCC2)c(=O)c2cc3oc(C)cc3n12. The van der Waals surface area contributed by atoms with Gasteiger partial charge in [0.2, 0.25) is 5.91 Å². The smallest absolute Gasteiger partial charge is 0.291 e. The van der Waals surface area contributed by atoms with Gasteiger partial charge in [0.05, 0.1) is 18.7 Å². The molecule has 0 atom stereocenters. The molecular weight excluding hydrogens is 398 g/mol. The van der Waals surface area contributed by atoms with Gasteiger partial charge in [0.25, 0.3) is 5.56 Å². The Bertz CT molecular complexity index is 1110. The van der Waals surface area contributed by atoms with Gasteiger partial charge in [-0.05, 0) is 26.3 Å². The number of fused-ring (bicyclic) bond motifs is 3. The van der Waals surface area contributed by atoms with E-state index in [1.807, 2.05) is 24.3 Å². The number of carbonyl (C=O) groups is 1. The number of nitrogens with one attached hydrogen (secondary N) is 1. The average Bonchev–Trinajstić information content (AvgIpc) is 3.30. The molecule has 9 nitrogen and oxygen atoms in total. The summed E-state index contributed by atoms with van der Waals surface area (Å²) in [4.78, 5) is 27.4. The summed E-state index contributed by atoms with van der Waals surface area (Å²) in [6.07, 6.45) is 2.56. The zero-order valence-corrected chi connectivity index (χ0v) is 18.4. The van der Waals surface area contributed by atoms with Crippen molar-refractivity contribution in [3.05, 3.63) is 34.1 Å². The second-order valence-corrected chi connectivity index (χ2v) is 8.03. The molecule has 1 aliphatic rings. The third-order valence-electron chi connectivity index (χ3n) is 5.73. The minimum Gasteiger partial charge on any atom is -0.460 e. The number of amides is 1. The van der Waals surface area contributed by atoms with Crippen molar-refractivity contribution in [1.29, 1.82) is 0 Å². The molecule has 0 aromatic carbocycles. The first-order valence-electron chi connectivity index (χ1n) is 11.1. The van der Waals surface area contributed by atoms with Crippen LogP contribution in [0.1, 0.15) is 37.8 Å². The fourth-order valence-corrected chi connectivity index (χ4v) is 4.13. The number of nitrogens with zero attached hydrogens (tertiary/aromatic N) is 4. The second-order valence-electron chi connectivity index (χ2n) is 8.03. The molecule has 0 spiro atoms. The molecule has 31 heavy (non-hydrogen) atoms. The lowest BCUT2D eigenvalue weighted by Gasteiger charge is -2.26. The van der Waals surface area contributed by atoms with Crippen LogP contribution in [0.3, 0.4) is 0 Å². The van der Waals surface area contributed by atoms with Crippen molar-refractivity contribution in [3.8, 4) is 0 Å². The third-order valence-corrected chi connectivity index (χ3v) is 5.73. The predicted octanol–water partition coefficient (Wildman–Crippen LogP) is 1.73. The third kappa shape index (κ3) is 4.83. The number of furan rings is 1. The summed E-state index contributed by atoms with van der Waals surface area (Å²) < 4.78 is 14.4. The Morgan fingerprint density at radius 1 is 1.16 bits per heavy atom. The van der Waals surface area contributed by atoms with Crippen molar-refractivity contribution in [2.24, 2.45) is 0 Å². The summed E-state index contributed by atoms with van der Waals surface area (Å²) >= 11 is 0. The van der Waals surface area contributed by atoms with E-state index >= 15 is 0 Å². The summed E-state index contributed by atoms with van der Waals surface area (Å²) in [5.74, 6) is 1.63. The molecule has 9 heteroatoms. The van der Waals surface area contributed by atoms with Gasteiger partial charge in [-0.25, -0.2) is 4.68 Å². The van der Waals surface area contributed by atoms with E-state index in [0.717, 1.165) is 56.4 Å². The van der Waals surface area contributed by atoms with Crippen LogP contribution < -0.4 is 10.9 Å². The number of morpholine rings is 1. The van der Waals surface area contributed by atoms with Crippen molar-refractivity contribution < 1.29 is 13.9 Å². The molecule has 0 saturated carbocycles. The summed E-state index contributed by atoms with van der Waals surface area (Å²) in [5, 5.41) is 7.53. The largest absolute Gasteiger partial charge is 0.460 e. The first-order chi connectivity index (χ1) is 15.1. The highest BCUT2D eigenvalue weighted by Crippen LogP contribution is 2.23. The average molecular weight is 430 g/mol. The Morgan fingerprint density at radius 3 is 2.74 bits per heavy atom. The quantitative estimate of drug-likeness (QED) is 0.521. The number of carbonyl (C=O) groups excluding carboxylic acids is 1. The molecule has 3 aromatic rings. The molecule has 1 saturated heterocycles. The van der Waals surface area contributed by atoms with Crippen LogP contribution in [-0.2, 0) is 22.5 Å². The van der Waals surface area contributed by atoms with Gasteiger partial charge in [0, 0.05) is 51.2 Å². The predicted molar refractivity (Wildman–Crippen MR) is 117 cm³/mol. The first-order valence-corrected chi connectivity index (χ1v) is 11.1. The van der Waals surface area contributed by atoms with Gasteiger partial charge in [-0.2, -0.15) is 5.10 Å². The fourth-order valence-electron chi connectivity index (χ4n) is 4.13. The van der Waals surface area contributed by atoms with E-state index in [1.165, 1.54) is 4.68 Å². The highest BCUT2D eigenvalue weighted by molar-refractivity contribution is 5.83. The first kappa shape index (κ1) is 21.6. The summed E-state index contributed by atoms with van der Waals surface area (Å²) in [7, 11) is 0. The molecule has 1 N–H and O–H groups in total. The lowest BCUT2D eigenvalue weighted by atomic mass is 10.3. The van der Waals surface area contributed by atoms with Crippen LogP contribution in [-0.4, -0.2) is 64.4 Å². The monoisotopic (exact) mass is 429 g/mol. The van der Waals surface area contributed by atoms with E-state index in [1.54, 1.807) is 6.07 Å². The van der Waals surface area contributed by atoms with Gasteiger partial charge in [-0.1, -0.05) is 6.92 Å². The van der Waals surface area contributed by atoms with Crippen LogP contribution in [0.15, 0.2) is 21.3 Å². The van der Waals surface area contributed by atoms with E-state index in [4.69, 9.17) is 9.15 Å². The molecule has 4 rings (SSSR count). The lowest BCUT2D eigenvalue weighted by Crippen LogP contribution is -2.38. The number of ether oxygens (including phenoxy) is 1. The number of hydrogen-bond acceptors (Lipinski definition) is 6. The lowest BCUT2D eigenvalue weighted by molar-refractivity contribution is -0.121. The van der Waals surface area contributed by atoms with Crippen LogP contribution in [0.25, 0.3) is 16.6 Å². The number of aromatic nitrogens is 3. The number of hydrogen-bond donors (Lipinski definition) is 1.